The third-order valence-electron chi connectivity index (χ3n) is 5.89. The Kier molecular flexibility index (Phi) is 7.85. The molecule has 4 rings (SSSR count). The Labute approximate surface area is 209 Å². The van der Waals surface area contributed by atoms with Gasteiger partial charge in [-0.3, -0.25) is 14.4 Å². The molecule has 0 aliphatic carbocycles. The molecular weight excluding hydrogens is 460 g/mol. The fraction of sp³-hybridized carbons (Fsp3) is 0.250. The molecule has 186 valence electrons. The lowest BCUT2D eigenvalue weighted by Crippen LogP contribution is -2.28. The Morgan fingerprint density at radius 3 is 2.14 bits per heavy atom. The molecular formula is C28H28N2O6. The minimum Gasteiger partial charge on any atom is -0.497 e. The van der Waals surface area contributed by atoms with Crippen molar-refractivity contribution in [2.75, 3.05) is 30.5 Å². The summed E-state index contributed by atoms with van der Waals surface area (Å²) < 4.78 is 16.1. The highest BCUT2D eigenvalue weighted by atomic mass is 16.5. The van der Waals surface area contributed by atoms with Gasteiger partial charge < -0.3 is 24.4 Å². The SMILES string of the molecule is CCc1ccc(NC(=O)COC(=O)[C@H]2CC(=O)N(c3ccc(Oc4ccc(OC)cc4)cc3)C2)cc1. The Bertz CT molecular complexity index is 1210. The number of methoxy groups -OCH3 is 1. The second-order valence-corrected chi connectivity index (χ2v) is 8.38. The van der Waals surface area contributed by atoms with Crippen molar-refractivity contribution < 1.29 is 28.6 Å². The number of benzene rings is 3. The van der Waals surface area contributed by atoms with Gasteiger partial charge in [-0.25, -0.2) is 0 Å². The van der Waals surface area contributed by atoms with Crippen molar-refractivity contribution in [1.29, 1.82) is 0 Å². The molecule has 2 amide bonds. The minimum absolute atomic E-state index is 0.0308. The van der Waals surface area contributed by atoms with Crippen LogP contribution in [0.15, 0.2) is 72.8 Å². The van der Waals surface area contributed by atoms with Gasteiger partial charge in [0.15, 0.2) is 6.61 Å². The first-order valence-corrected chi connectivity index (χ1v) is 11.7. The molecule has 0 aromatic heterocycles. The molecule has 3 aromatic rings. The number of nitrogens with one attached hydrogen (secondary N) is 1. The number of ether oxygens (including phenoxy) is 3. The number of rotatable bonds is 9. The largest absolute Gasteiger partial charge is 0.497 e. The normalized spacial score (nSPS) is 14.9. The molecule has 1 aliphatic heterocycles. The lowest BCUT2D eigenvalue weighted by Gasteiger charge is -2.17. The van der Waals surface area contributed by atoms with Gasteiger partial charge in [-0.1, -0.05) is 19.1 Å². The summed E-state index contributed by atoms with van der Waals surface area (Å²) in [5.41, 5.74) is 2.45. The number of esters is 1. The van der Waals surface area contributed by atoms with E-state index in [9.17, 15) is 14.4 Å². The predicted molar refractivity (Wildman–Crippen MR) is 135 cm³/mol. The predicted octanol–water partition coefficient (Wildman–Crippen LogP) is 4.58. The molecule has 1 atom stereocenters. The molecule has 36 heavy (non-hydrogen) atoms. The molecule has 8 nitrogen and oxygen atoms in total. The van der Waals surface area contributed by atoms with E-state index in [1.165, 1.54) is 0 Å². The van der Waals surface area contributed by atoms with Crippen molar-refractivity contribution in [2.45, 2.75) is 19.8 Å². The molecule has 0 radical (unpaired) electrons. The Balaban J connectivity index is 1.27. The second kappa shape index (κ2) is 11.4. The Morgan fingerprint density at radius 2 is 1.53 bits per heavy atom. The van der Waals surface area contributed by atoms with Gasteiger partial charge in [-0.05, 0) is 72.6 Å². The fourth-order valence-corrected chi connectivity index (χ4v) is 3.86. The summed E-state index contributed by atoms with van der Waals surface area (Å²) in [5, 5.41) is 2.70. The molecule has 8 heteroatoms. The van der Waals surface area contributed by atoms with Gasteiger partial charge >= 0.3 is 5.97 Å². The van der Waals surface area contributed by atoms with Crippen LogP contribution in [0.25, 0.3) is 0 Å². The average molecular weight is 489 g/mol. The lowest BCUT2D eigenvalue weighted by atomic mass is 10.1. The van der Waals surface area contributed by atoms with Gasteiger partial charge in [-0.2, -0.15) is 0 Å². The van der Waals surface area contributed by atoms with E-state index < -0.39 is 24.4 Å². The van der Waals surface area contributed by atoms with Crippen LogP contribution in [0.2, 0.25) is 0 Å². The molecule has 1 heterocycles. The number of anilines is 2. The number of hydrogen-bond acceptors (Lipinski definition) is 6. The maximum atomic E-state index is 12.6. The second-order valence-electron chi connectivity index (χ2n) is 8.38. The summed E-state index contributed by atoms with van der Waals surface area (Å²) in [6.45, 7) is 1.84. The zero-order chi connectivity index (χ0) is 25.5. The summed E-state index contributed by atoms with van der Waals surface area (Å²) >= 11 is 0. The van der Waals surface area contributed by atoms with Gasteiger partial charge in [-0.15, -0.1) is 0 Å². The van der Waals surface area contributed by atoms with E-state index in [-0.39, 0.29) is 18.9 Å². The summed E-state index contributed by atoms with van der Waals surface area (Å²) in [6, 6.07) is 21.7. The van der Waals surface area contributed by atoms with Gasteiger partial charge in [0.1, 0.15) is 17.2 Å². The van der Waals surface area contributed by atoms with E-state index in [0.29, 0.717) is 22.9 Å². The maximum absolute atomic E-state index is 12.6. The number of carbonyl (C=O) groups is 3. The van der Waals surface area contributed by atoms with Crippen LogP contribution >= 0.6 is 0 Å². The van der Waals surface area contributed by atoms with Crippen LogP contribution in [0, 0.1) is 5.92 Å². The van der Waals surface area contributed by atoms with E-state index in [2.05, 4.69) is 12.2 Å². The first-order valence-electron chi connectivity index (χ1n) is 11.7. The first kappa shape index (κ1) is 24.8. The Morgan fingerprint density at radius 1 is 0.917 bits per heavy atom. The zero-order valence-electron chi connectivity index (χ0n) is 20.2. The monoisotopic (exact) mass is 488 g/mol. The van der Waals surface area contributed by atoms with E-state index in [1.807, 2.05) is 12.1 Å². The maximum Gasteiger partial charge on any atom is 0.311 e. The van der Waals surface area contributed by atoms with Crippen molar-refractivity contribution in [2.24, 2.45) is 5.92 Å². The van der Waals surface area contributed by atoms with Crippen LogP contribution in [0.1, 0.15) is 18.9 Å². The van der Waals surface area contributed by atoms with Crippen molar-refractivity contribution in [1.82, 2.24) is 0 Å². The number of hydrogen-bond donors (Lipinski definition) is 1. The summed E-state index contributed by atoms with van der Waals surface area (Å²) in [6.07, 6.45) is 0.938. The molecule has 0 spiro atoms. The first-order chi connectivity index (χ1) is 17.4. The molecule has 1 aliphatic rings. The van der Waals surface area contributed by atoms with Crippen LogP contribution in [0.3, 0.4) is 0 Å². The van der Waals surface area contributed by atoms with Crippen molar-refractivity contribution in [3.63, 3.8) is 0 Å². The van der Waals surface area contributed by atoms with Gasteiger partial charge in [0.25, 0.3) is 5.91 Å². The third-order valence-corrected chi connectivity index (χ3v) is 5.89. The molecule has 1 N–H and O–H groups in total. The molecule has 0 unspecified atom stereocenters. The van der Waals surface area contributed by atoms with Gasteiger partial charge in [0.2, 0.25) is 5.91 Å². The van der Waals surface area contributed by atoms with Crippen LogP contribution in [0.5, 0.6) is 17.2 Å². The highest BCUT2D eigenvalue weighted by Gasteiger charge is 2.36. The van der Waals surface area contributed by atoms with E-state index in [1.54, 1.807) is 72.7 Å². The molecule has 1 saturated heterocycles. The quantitative estimate of drug-likeness (QED) is 0.443. The molecule has 1 fully saturated rings. The summed E-state index contributed by atoms with van der Waals surface area (Å²) in [5.74, 6) is 0.196. The van der Waals surface area contributed by atoms with Crippen molar-refractivity contribution in [3.05, 3.63) is 78.4 Å². The minimum atomic E-state index is -0.635. The standard InChI is InChI=1S/C28H28N2O6/c1-3-19-4-6-21(7-5-19)29-26(31)18-35-28(33)20-16-27(32)30(17-20)22-8-10-24(11-9-22)36-25-14-12-23(34-2)13-15-25/h4-15,20H,3,16-18H2,1-2H3,(H,29,31)/t20-/m0/s1. The molecule has 0 bridgehead atoms. The Hall–Kier alpha value is -4.33. The third kappa shape index (κ3) is 6.21. The van der Waals surface area contributed by atoms with E-state index in [4.69, 9.17) is 14.2 Å². The number of carbonyl (C=O) groups excluding carboxylic acids is 3. The fourth-order valence-electron chi connectivity index (χ4n) is 3.86. The van der Waals surface area contributed by atoms with Crippen LogP contribution in [-0.4, -0.2) is 38.0 Å². The highest BCUT2D eigenvalue weighted by Crippen LogP contribution is 2.29. The van der Waals surface area contributed by atoms with Crippen LogP contribution in [0.4, 0.5) is 11.4 Å². The van der Waals surface area contributed by atoms with Crippen molar-refractivity contribution in [3.8, 4) is 17.2 Å². The van der Waals surface area contributed by atoms with E-state index >= 15 is 0 Å². The van der Waals surface area contributed by atoms with E-state index in [0.717, 1.165) is 17.7 Å². The van der Waals surface area contributed by atoms with Crippen LogP contribution < -0.4 is 19.7 Å². The molecule has 3 aromatic carbocycles. The summed E-state index contributed by atoms with van der Waals surface area (Å²) in [4.78, 5) is 38.7. The smallest absolute Gasteiger partial charge is 0.311 e. The van der Waals surface area contributed by atoms with Crippen molar-refractivity contribution >= 4 is 29.2 Å². The highest BCUT2D eigenvalue weighted by molar-refractivity contribution is 6.00. The topological polar surface area (TPSA) is 94.2 Å². The van der Waals surface area contributed by atoms with Gasteiger partial charge in [0, 0.05) is 24.3 Å². The number of aryl methyl sites for hydroxylation is 1. The van der Waals surface area contributed by atoms with Gasteiger partial charge in [0.05, 0.1) is 13.0 Å². The summed E-state index contributed by atoms with van der Waals surface area (Å²) in [7, 11) is 1.60. The average Bonchev–Trinajstić information content (AvgIpc) is 3.30. The van der Waals surface area contributed by atoms with Crippen LogP contribution in [-0.2, 0) is 25.5 Å². The lowest BCUT2D eigenvalue weighted by molar-refractivity contribution is -0.151. The number of amides is 2. The number of nitrogens with zero attached hydrogens (tertiary/aromatic N) is 1. The zero-order valence-corrected chi connectivity index (χ0v) is 20.2. The molecule has 0 saturated carbocycles.